The zero-order valence-electron chi connectivity index (χ0n) is 12.7. The van der Waals surface area contributed by atoms with Crippen LogP contribution < -0.4 is 10.0 Å². The lowest BCUT2D eigenvalue weighted by Gasteiger charge is -2.15. The number of carbonyl (C=O) groups is 2. The quantitative estimate of drug-likeness (QED) is 0.699. The number of rotatable bonds is 7. The summed E-state index contributed by atoms with van der Waals surface area (Å²) in [5.74, 6) is -1.66. The largest absolute Gasteiger partial charge is 0.480 e. The molecule has 1 unspecified atom stereocenters. The predicted octanol–water partition coefficient (Wildman–Crippen LogP) is 1.35. The molecule has 0 radical (unpaired) electrons. The van der Waals surface area contributed by atoms with Crippen molar-refractivity contribution in [1.29, 1.82) is 0 Å². The minimum atomic E-state index is -3.46. The van der Waals surface area contributed by atoms with Crippen molar-refractivity contribution in [3.63, 3.8) is 0 Å². The van der Waals surface area contributed by atoms with Gasteiger partial charge in [0.15, 0.2) is 0 Å². The van der Waals surface area contributed by atoms with Gasteiger partial charge in [0.25, 0.3) is 5.91 Å². The summed E-state index contributed by atoms with van der Waals surface area (Å²) in [6, 6.07) is 3.53. The number of sulfonamides is 1. The van der Waals surface area contributed by atoms with Crippen LogP contribution >= 0.6 is 0 Å². The Morgan fingerprint density at radius 3 is 2.45 bits per heavy atom. The minimum Gasteiger partial charge on any atom is -0.480 e. The van der Waals surface area contributed by atoms with E-state index < -0.39 is 27.9 Å². The highest BCUT2D eigenvalue weighted by atomic mass is 32.2. The van der Waals surface area contributed by atoms with Gasteiger partial charge in [-0.25, -0.2) is 13.2 Å². The summed E-state index contributed by atoms with van der Waals surface area (Å²) in [6.07, 6.45) is 1.95. The summed E-state index contributed by atoms with van der Waals surface area (Å²) >= 11 is 0. The summed E-state index contributed by atoms with van der Waals surface area (Å²) in [5.41, 5.74) is 1.14. The molecule has 1 rings (SSSR count). The van der Waals surface area contributed by atoms with Crippen LogP contribution in [0.1, 0.15) is 35.7 Å². The maximum Gasteiger partial charge on any atom is 0.326 e. The Bertz CT molecular complexity index is 670. The van der Waals surface area contributed by atoms with Crippen LogP contribution in [-0.4, -0.2) is 37.7 Å². The molecule has 0 spiro atoms. The second kappa shape index (κ2) is 7.26. The van der Waals surface area contributed by atoms with E-state index in [4.69, 9.17) is 5.11 Å². The fourth-order valence-corrected chi connectivity index (χ4v) is 2.48. The normalized spacial score (nSPS) is 12.5. The molecule has 7 nitrogen and oxygen atoms in total. The van der Waals surface area contributed by atoms with Gasteiger partial charge in [0.2, 0.25) is 10.0 Å². The number of aliphatic carboxylic acids is 1. The number of carboxylic acid groups (broad SMARTS) is 1. The first-order valence-corrected chi connectivity index (χ1v) is 8.65. The van der Waals surface area contributed by atoms with E-state index in [0.29, 0.717) is 18.4 Å². The minimum absolute atomic E-state index is 0.194. The lowest BCUT2D eigenvalue weighted by molar-refractivity contribution is -0.139. The second-order valence-electron chi connectivity index (χ2n) is 5.06. The molecular formula is C14H20N2O5S. The first-order valence-electron chi connectivity index (χ1n) is 6.76. The van der Waals surface area contributed by atoms with E-state index in [1.807, 2.05) is 6.92 Å². The average Bonchev–Trinajstić information content (AvgIpc) is 2.39. The Labute approximate surface area is 129 Å². The molecule has 0 bridgehead atoms. The molecule has 3 N–H and O–H groups in total. The molecule has 1 atom stereocenters. The summed E-state index contributed by atoms with van der Waals surface area (Å²) < 4.78 is 24.9. The third-order valence-corrected chi connectivity index (χ3v) is 3.57. The molecule has 0 fully saturated rings. The topological polar surface area (TPSA) is 113 Å². The summed E-state index contributed by atoms with van der Waals surface area (Å²) in [5, 5.41) is 11.5. The number of benzene rings is 1. The van der Waals surface area contributed by atoms with Crippen molar-refractivity contribution in [2.24, 2.45) is 0 Å². The van der Waals surface area contributed by atoms with Gasteiger partial charge in [-0.2, -0.15) is 0 Å². The highest BCUT2D eigenvalue weighted by Crippen LogP contribution is 2.18. The van der Waals surface area contributed by atoms with Gasteiger partial charge in [-0.05, 0) is 31.0 Å². The van der Waals surface area contributed by atoms with Gasteiger partial charge in [0.1, 0.15) is 6.04 Å². The van der Waals surface area contributed by atoms with Crippen LogP contribution in [0.2, 0.25) is 0 Å². The van der Waals surface area contributed by atoms with Crippen molar-refractivity contribution in [3.05, 3.63) is 29.3 Å². The maximum absolute atomic E-state index is 12.1. The fourth-order valence-electron chi connectivity index (χ4n) is 1.86. The van der Waals surface area contributed by atoms with Gasteiger partial charge >= 0.3 is 5.97 Å². The second-order valence-corrected chi connectivity index (χ2v) is 6.81. The van der Waals surface area contributed by atoms with Gasteiger partial charge in [-0.15, -0.1) is 0 Å². The van der Waals surface area contributed by atoms with Gasteiger partial charge < -0.3 is 10.4 Å². The number of amides is 1. The SMILES string of the molecule is CCCC(NC(=O)c1ccc(C)c(NS(C)(=O)=O)c1)C(=O)O. The monoisotopic (exact) mass is 328 g/mol. The van der Waals surface area contributed by atoms with Gasteiger partial charge in [-0.1, -0.05) is 19.4 Å². The first kappa shape index (κ1) is 18.0. The average molecular weight is 328 g/mol. The van der Waals surface area contributed by atoms with Crippen molar-refractivity contribution >= 4 is 27.6 Å². The molecule has 8 heteroatoms. The van der Waals surface area contributed by atoms with Crippen LogP contribution in [0.5, 0.6) is 0 Å². The van der Waals surface area contributed by atoms with Crippen molar-refractivity contribution in [2.75, 3.05) is 11.0 Å². The van der Waals surface area contributed by atoms with Crippen LogP contribution in [0.3, 0.4) is 0 Å². The lowest BCUT2D eigenvalue weighted by atomic mass is 10.1. The zero-order valence-corrected chi connectivity index (χ0v) is 13.5. The predicted molar refractivity (Wildman–Crippen MR) is 83.4 cm³/mol. The van der Waals surface area contributed by atoms with Crippen LogP contribution in [0, 0.1) is 6.92 Å². The van der Waals surface area contributed by atoms with Crippen LogP contribution in [0.15, 0.2) is 18.2 Å². The molecular weight excluding hydrogens is 308 g/mol. The lowest BCUT2D eigenvalue weighted by Crippen LogP contribution is -2.40. The van der Waals surface area contributed by atoms with Gasteiger partial charge in [0.05, 0.1) is 11.9 Å². The van der Waals surface area contributed by atoms with E-state index in [9.17, 15) is 18.0 Å². The standard InChI is InChI=1S/C14H20N2O5S/c1-4-5-11(14(18)19)15-13(17)10-7-6-9(2)12(8-10)16-22(3,20)21/h6-8,11,16H,4-5H2,1-3H3,(H,15,17)(H,18,19). The Morgan fingerprint density at radius 2 is 1.95 bits per heavy atom. The van der Waals surface area contributed by atoms with Crippen molar-refractivity contribution in [3.8, 4) is 0 Å². The summed E-state index contributed by atoms with van der Waals surface area (Å²) in [4.78, 5) is 23.2. The number of aryl methyl sites for hydroxylation is 1. The first-order chi connectivity index (χ1) is 10.1. The van der Waals surface area contributed by atoms with E-state index in [1.54, 1.807) is 13.0 Å². The van der Waals surface area contributed by atoms with E-state index >= 15 is 0 Å². The number of carboxylic acids is 1. The van der Waals surface area contributed by atoms with Crippen LogP contribution in [-0.2, 0) is 14.8 Å². The Morgan fingerprint density at radius 1 is 1.32 bits per heavy atom. The summed E-state index contributed by atoms with van der Waals surface area (Å²) in [7, 11) is -3.46. The highest BCUT2D eigenvalue weighted by Gasteiger charge is 2.20. The highest BCUT2D eigenvalue weighted by molar-refractivity contribution is 7.92. The molecule has 22 heavy (non-hydrogen) atoms. The van der Waals surface area contributed by atoms with Gasteiger partial charge in [-0.3, -0.25) is 9.52 Å². The fraction of sp³-hybridized carbons (Fsp3) is 0.429. The van der Waals surface area contributed by atoms with Crippen molar-refractivity contribution in [2.45, 2.75) is 32.7 Å². The molecule has 1 aromatic rings. The number of hydrogen-bond donors (Lipinski definition) is 3. The molecule has 0 saturated heterocycles. The summed E-state index contributed by atoms with van der Waals surface area (Å²) in [6.45, 7) is 3.52. The Balaban J connectivity index is 2.99. The molecule has 0 heterocycles. The van der Waals surface area contributed by atoms with Crippen LogP contribution in [0.25, 0.3) is 0 Å². The molecule has 0 aliphatic rings. The third-order valence-electron chi connectivity index (χ3n) is 2.98. The van der Waals surface area contributed by atoms with Crippen LogP contribution in [0.4, 0.5) is 5.69 Å². The third kappa shape index (κ3) is 5.36. The molecule has 1 aromatic carbocycles. The number of anilines is 1. The van der Waals surface area contributed by atoms with E-state index in [-0.39, 0.29) is 11.3 Å². The van der Waals surface area contributed by atoms with Crippen molar-refractivity contribution in [1.82, 2.24) is 5.32 Å². The molecule has 1 amide bonds. The van der Waals surface area contributed by atoms with Crippen molar-refractivity contribution < 1.29 is 23.1 Å². The van der Waals surface area contributed by atoms with E-state index in [2.05, 4.69) is 10.0 Å². The Hall–Kier alpha value is -2.09. The number of hydrogen-bond acceptors (Lipinski definition) is 4. The molecule has 0 aliphatic heterocycles. The van der Waals surface area contributed by atoms with Gasteiger partial charge in [0, 0.05) is 5.56 Å². The molecule has 0 aromatic heterocycles. The molecule has 0 saturated carbocycles. The smallest absolute Gasteiger partial charge is 0.326 e. The van der Waals surface area contributed by atoms with E-state index in [0.717, 1.165) is 6.26 Å². The Kier molecular flexibility index (Phi) is 5.92. The maximum atomic E-state index is 12.1. The van der Waals surface area contributed by atoms with E-state index in [1.165, 1.54) is 12.1 Å². The molecule has 0 aliphatic carbocycles. The molecule has 122 valence electrons. The zero-order chi connectivity index (χ0) is 16.9. The number of carbonyl (C=O) groups excluding carboxylic acids is 1. The number of nitrogens with one attached hydrogen (secondary N) is 2.